The molecular weight excluding hydrogens is 264 g/mol. The van der Waals surface area contributed by atoms with Crippen LogP contribution < -0.4 is 4.74 Å². The number of methoxy groups -OCH3 is 1. The monoisotopic (exact) mass is 286 g/mol. The predicted octanol–water partition coefficient (Wildman–Crippen LogP) is 4.59. The highest BCUT2D eigenvalue weighted by Crippen LogP contribution is 2.27. The zero-order valence-corrected chi connectivity index (χ0v) is 12.7. The lowest BCUT2D eigenvalue weighted by atomic mass is 10.1. The fourth-order valence-corrected chi connectivity index (χ4v) is 2.32. The summed E-state index contributed by atoms with van der Waals surface area (Å²) < 4.78 is 10.7. The van der Waals surface area contributed by atoms with E-state index in [0.29, 0.717) is 17.9 Å². The summed E-state index contributed by atoms with van der Waals surface area (Å²) in [5.74, 6) is 0.251. The number of benzene rings is 2. The summed E-state index contributed by atoms with van der Waals surface area (Å²) in [6.45, 7) is 2.81. The van der Waals surface area contributed by atoms with Crippen molar-refractivity contribution in [3.63, 3.8) is 0 Å². The Labute approximate surface area is 125 Å². The number of hydrogen-bond acceptors (Lipinski definition) is 3. The summed E-state index contributed by atoms with van der Waals surface area (Å²) in [6.07, 6.45) is 4.56. The lowest BCUT2D eigenvalue weighted by molar-refractivity contribution is 0.0596. The molecule has 3 heteroatoms. The Morgan fingerprint density at radius 2 is 1.76 bits per heavy atom. The quantitative estimate of drug-likeness (QED) is 0.552. The zero-order chi connectivity index (χ0) is 15.1. The Morgan fingerprint density at radius 3 is 2.43 bits per heavy atom. The minimum absolute atomic E-state index is 0.357. The summed E-state index contributed by atoms with van der Waals surface area (Å²) >= 11 is 0. The fraction of sp³-hybridized carbons (Fsp3) is 0.389. The Morgan fingerprint density at radius 1 is 1.05 bits per heavy atom. The molecule has 0 aliphatic heterocycles. The second-order valence-corrected chi connectivity index (χ2v) is 5.10. The maximum absolute atomic E-state index is 11.9. The van der Waals surface area contributed by atoms with Gasteiger partial charge in [0.1, 0.15) is 11.3 Å². The smallest absolute Gasteiger partial charge is 0.341 e. The molecule has 0 spiro atoms. The number of esters is 1. The number of fused-ring (bicyclic) bond motifs is 1. The topological polar surface area (TPSA) is 35.5 Å². The van der Waals surface area contributed by atoms with Crippen molar-refractivity contribution < 1.29 is 14.3 Å². The van der Waals surface area contributed by atoms with Crippen LogP contribution >= 0.6 is 0 Å². The summed E-state index contributed by atoms with van der Waals surface area (Å²) in [5, 5.41) is 2.07. The van der Waals surface area contributed by atoms with Gasteiger partial charge >= 0.3 is 5.97 Å². The van der Waals surface area contributed by atoms with E-state index in [2.05, 4.69) is 6.92 Å². The molecule has 0 saturated carbocycles. The van der Waals surface area contributed by atoms with Gasteiger partial charge in [-0.3, -0.25) is 0 Å². The molecular formula is C18H22O3. The van der Waals surface area contributed by atoms with Crippen LogP contribution in [0.3, 0.4) is 0 Å². The maximum atomic E-state index is 11.9. The predicted molar refractivity (Wildman–Crippen MR) is 84.9 cm³/mol. The van der Waals surface area contributed by atoms with Crippen molar-refractivity contribution >= 4 is 16.7 Å². The molecule has 2 rings (SSSR count). The van der Waals surface area contributed by atoms with Crippen LogP contribution in [0.25, 0.3) is 10.8 Å². The van der Waals surface area contributed by atoms with Gasteiger partial charge in [0.25, 0.3) is 0 Å². The van der Waals surface area contributed by atoms with E-state index in [1.54, 1.807) is 0 Å². The highest BCUT2D eigenvalue weighted by atomic mass is 16.5. The van der Waals surface area contributed by atoms with Crippen LogP contribution in [0.4, 0.5) is 0 Å². The van der Waals surface area contributed by atoms with Crippen molar-refractivity contribution in [2.24, 2.45) is 0 Å². The van der Waals surface area contributed by atoms with Crippen LogP contribution in [0.2, 0.25) is 0 Å². The molecule has 2 aromatic carbocycles. The minimum atomic E-state index is -0.357. The molecule has 21 heavy (non-hydrogen) atoms. The lowest BCUT2D eigenvalue weighted by Crippen LogP contribution is -2.07. The van der Waals surface area contributed by atoms with E-state index in [1.807, 2.05) is 36.4 Å². The van der Waals surface area contributed by atoms with E-state index in [4.69, 9.17) is 9.47 Å². The minimum Gasteiger partial charge on any atom is -0.493 e. The largest absolute Gasteiger partial charge is 0.493 e. The van der Waals surface area contributed by atoms with Gasteiger partial charge in [-0.1, -0.05) is 50.5 Å². The molecule has 0 fully saturated rings. The second-order valence-electron chi connectivity index (χ2n) is 5.10. The van der Waals surface area contributed by atoms with Crippen molar-refractivity contribution in [1.29, 1.82) is 0 Å². The lowest BCUT2D eigenvalue weighted by Gasteiger charge is -2.12. The molecule has 0 aliphatic rings. The molecule has 0 heterocycles. The highest BCUT2D eigenvalue weighted by Gasteiger charge is 2.14. The molecule has 2 aromatic rings. The molecule has 3 nitrogen and oxygen atoms in total. The molecule has 0 bridgehead atoms. The molecule has 0 radical (unpaired) electrons. The first kappa shape index (κ1) is 15.4. The normalized spacial score (nSPS) is 10.6. The third kappa shape index (κ3) is 3.97. The third-order valence-electron chi connectivity index (χ3n) is 3.51. The Balaban J connectivity index is 2.20. The number of carbonyl (C=O) groups is 1. The van der Waals surface area contributed by atoms with E-state index in [1.165, 1.54) is 20.0 Å². The molecule has 0 amide bonds. The van der Waals surface area contributed by atoms with Gasteiger partial charge in [-0.2, -0.15) is 0 Å². The van der Waals surface area contributed by atoms with Gasteiger partial charge in [-0.25, -0.2) is 4.79 Å². The number of rotatable bonds is 7. The van der Waals surface area contributed by atoms with Crippen LogP contribution in [0, 0.1) is 0 Å². The molecule has 0 unspecified atom stereocenters. The standard InChI is InChI=1S/C18H22O3/c1-3-4-5-8-11-21-17-13-15-10-7-6-9-14(15)12-16(17)18(19)20-2/h6-7,9-10,12-13H,3-5,8,11H2,1-2H3. The van der Waals surface area contributed by atoms with Gasteiger partial charge in [0.15, 0.2) is 0 Å². The summed E-state index contributed by atoms with van der Waals surface area (Å²) in [6, 6.07) is 11.7. The van der Waals surface area contributed by atoms with Crippen LogP contribution in [0.1, 0.15) is 43.0 Å². The van der Waals surface area contributed by atoms with Crippen LogP contribution in [-0.4, -0.2) is 19.7 Å². The maximum Gasteiger partial charge on any atom is 0.341 e. The zero-order valence-electron chi connectivity index (χ0n) is 12.7. The summed E-state index contributed by atoms with van der Waals surface area (Å²) in [5.41, 5.74) is 0.492. The van der Waals surface area contributed by atoms with E-state index in [9.17, 15) is 4.79 Å². The molecule has 0 atom stereocenters. The van der Waals surface area contributed by atoms with Gasteiger partial charge in [0.2, 0.25) is 0 Å². The number of hydrogen-bond donors (Lipinski definition) is 0. The van der Waals surface area contributed by atoms with Gasteiger partial charge in [0.05, 0.1) is 13.7 Å². The SMILES string of the molecule is CCCCCCOc1cc2ccccc2cc1C(=O)OC. The Bertz CT molecular complexity index is 604. The van der Waals surface area contributed by atoms with Gasteiger partial charge in [-0.15, -0.1) is 0 Å². The molecule has 0 saturated heterocycles. The third-order valence-corrected chi connectivity index (χ3v) is 3.51. The summed E-state index contributed by atoms with van der Waals surface area (Å²) in [4.78, 5) is 11.9. The molecule has 0 aliphatic carbocycles. The van der Waals surface area contributed by atoms with Crippen LogP contribution in [0.15, 0.2) is 36.4 Å². The fourth-order valence-electron chi connectivity index (χ4n) is 2.32. The van der Waals surface area contributed by atoms with Gasteiger partial charge in [0, 0.05) is 0 Å². The highest BCUT2D eigenvalue weighted by molar-refractivity contribution is 5.98. The first-order chi connectivity index (χ1) is 10.3. The van der Waals surface area contributed by atoms with Crippen molar-refractivity contribution in [1.82, 2.24) is 0 Å². The van der Waals surface area contributed by atoms with E-state index >= 15 is 0 Å². The molecule has 0 aromatic heterocycles. The van der Waals surface area contributed by atoms with Crippen LogP contribution in [-0.2, 0) is 4.74 Å². The number of ether oxygens (including phenoxy) is 2. The van der Waals surface area contributed by atoms with Gasteiger partial charge < -0.3 is 9.47 Å². The van der Waals surface area contributed by atoms with Gasteiger partial charge in [-0.05, 0) is 29.3 Å². The van der Waals surface area contributed by atoms with Crippen molar-refractivity contribution in [2.75, 3.05) is 13.7 Å². The first-order valence-electron chi connectivity index (χ1n) is 7.50. The average Bonchev–Trinajstić information content (AvgIpc) is 2.53. The molecule has 0 N–H and O–H groups in total. The van der Waals surface area contributed by atoms with Crippen LogP contribution in [0.5, 0.6) is 5.75 Å². The van der Waals surface area contributed by atoms with Crippen molar-refractivity contribution in [3.05, 3.63) is 42.0 Å². The van der Waals surface area contributed by atoms with E-state index < -0.39 is 0 Å². The van der Waals surface area contributed by atoms with E-state index in [-0.39, 0.29) is 5.97 Å². The Hall–Kier alpha value is -2.03. The Kier molecular flexibility index (Phi) is 5.61. The van der Waals surface area contributed by atoms with E-state index in [0.717, 1.165) is 23.6 Å². The number of carbonyl (C=O) groups excluding carboxylic acids is 1. The van der Waals surface area contributed by atoms with Crippen molar-refractivity contribution in [3.8, 4) is 5.75 Å². The molecule has 112 valence electrons. The average molecular weight is 286 g/mol. The number of unbranched alkanes of at least 4 members (excludes halogenated alkanes) is 3. The summed E-state index contributed by atoms with van der Waals surface area (Å²) in [7, 11) is 1.39. The second kappa shape index (κ2) is 7.67. The first-order valence-corrected chi connectivity index (χ1v) is 7.50. The van der Waals surface area contributed by atoms with Crippen molar-refractivity contribution in [2.45, 2.75) is 32.6 Å².